The van der Waals surface area contributed by atoms with Crippen LogP contribution in [0.25, 0.3) is 0 Å². The fraction of sp³-hybridized carbons (Fsp3) is 0.444. The molecule has 0 radical (unpaired) electrons. The number of hydrogen-bond acceptors (Lipinski definition) is 4. The van der Waals surface area contributed by atoms with E-state index < -0.39 is 11.9 Å². The maximum Gasteiger partial charge on any atom is 0.337 e. The van der Waals surface area contributed by atoms with Crippen LogP contribution in [0.15, 0.2) is 24.3 Å². The van der Waals surface area contributed by atoms with Gasteiger partial charge in [-0.25, -0.2) is 4.79 Å². The van der Waals surface area contributed by atoms with Gasteiger partial charge in [0.15, 0.2) is 0 Å². The van der Waals surface area contributed by atoms with Gasteiger partial charge < -0.3 is 10.4 Å². The number of para-hydroxylation sites is 1. The minimum absolute atomic E-state index is 0.0372. The number of likely N-dealkylation sites (tertiary alicyclic amines) is 1. The molecule has 3 fully saturated rings. The van der Waals surface area contributed by atoms with Gasteiger partial charge in [-0.2, -0.15) is 0 Å². The average molecular weight is 342 g/mol. The monoisotopic (exact) mass is 342 g/mol. The van der Waals surface area contributed by atoms with Crippen molar-refractivity contribution in [2.24, 2.45) is 23.7 Å². The summed E-state index contributed by atoms with van der Waals surface area (Å²) in [5.74, 6) is -2.19. The molecular weight excluding hydrogens is 324 g/mol. The first-order valence-electron chi connectivity index (χ1n) is 8.44. The second-order valence-corrected chi connectivity index (χ2v) is 7.05. The predicted octanol–water partition coefficient (Wildman–Crippen LogP) is 1.35. The SMILES string of the molecule is O=C(CN1C(=O)[C@H]2[C@H]3CC[C@@H](C3)[C@@H]2C1=O)Nc1ccccc1C(=O)O. The van der Waals surface area contributed by atoms with Crippen molar-refractivity contribution in [1.29, 1.82) is 0 Å². The van der Waals surface area contributed by atoms with Crippen molar-refractivity contribution in [2.75, 3.05) is 11.9 Å². The van der Waals surface area contributed by atoms with Gasteiger partial charge in [0.1, 0.15) is 6.54 Å². The topological polar surface area (TPSA) is 104 Å². The molecule has 25 heavy (non-hydrogen) atoms. The van der Waals surface area contributed by atoms with Crippen LogP contribution in [0.2, 0.25) is 0 Å². The molecule has 1 aliphatic heterocycles. The molecule has 4 rings (SSSR count). The fourth-order valence-corrected chi connectivity index (χ4v) is 4.74. The molecule has 2 aliphatic carbocycles. The number of nitrogens with one attached hydrogen (secondary N) is 1. The van der Waals surface area contributed by atoms with Crippen molar-refractivity contribution in [1.82, 2.24) is 4.90 Å². The van der Waals surface area contributed by atoms with E-state index in [1.807, 2.05) is 0 Å². The Balaban J connectivity index is 1.48. The number of carbonyl (C=O) groups excluding carboxylic acids is 3. The summed E-state index contributed by atoms with van der Waals surface area (Å²) in [7, 11) is 0. The van der Waals surface area contributed by atoms with Crippen molar-refractivity contribution in [3.05, 3.63) is 29.8 Å². The summed E-state index contributed by atoms with van der Waals surface area (Å²) in [5.41, 5.74) is 0.115. The molecule has 1 saturated heterocycles. The maximum absolute atomic E-state index is 12.6. The highest BCUT2D eigenvalue weighted by Gasteiger charge is 2.60. The molecule has 0 spiro atoms. The summed E-state index contributed by atoms with van der Waals surface area (Å²) in [4.78, 5) is 49.7. The normalized spacial score (nSPS) is 29.8. The van der Waals surface area contributed by atoms with Crippen LogP contribution < -0.4 is 5.32 Å². The summed E-state index contributed by atoms with van der Waals surface area (Å²) in [6, 6.07) is 6.02. The van der Waals surface area contributed by atoms with Crippen molar-refractivity contribution in [3.8, 4) is 0 Å². The van der Waals surface area contributed by atoms with E-state index in [1.54, 1.807) is 12.1 Å². The first-order chi connectivity index (χ1) is 12.0. The van der Waals surface area contributed by atoms with Gasteiger partial charge in [0.25, 0.3) is 0 Å². The molecule has 3 amide bonds. The Labute approximate surface area is 144 Å². The number of imide groups is 1. The molecule has 2 saturated carbocycles. The number of anilines is 1. The third kappa shape index (κ3) is 2.42. The van der Waals surface area contributed by atoms with Gasteiger partial charge in [-0.05, 0) is 43.2 Å². The number of rotatable bonds is 4. The Morgan fingerprint density at radius 3 is 2.28 bits per heavy atom. The molecule has 1 heterocycles. The molecule has 1 aromatic rings. The second-order valence-electron chi connectivity index (χ2n) is 7.05. The summed E-state index contributed by atoms with van der Waals surface area (Å²) >= 11 is 0. The number of benzene rings is 1. The lowest BCUT2D eigenvalue weighted by Crippen LogP contribution is -2.39. The lowest BCUT2D eigenvalue weighted by molar-refractivity contribution is -0.143. The van der Waals surface area contributed by atoms with Crippen LogP contribution in [0.4, 0.5) is 5.69 Å². The van der Waals surface area contributed by atoms with Gasteiger partial charge in [-0.1, -0.05) is 12.1 Å². The van der Waals surface area contributed by atoms with Gasteiger partial charge in [0.05, 0.1) is 23.1 Å². The van der Waals surface area contributed by atoms with Gasteiger partial charge in [0, 0.05) is 0 Å². The summed E-state index contributed by atoms with van der Waals surface area (Å²) < 4.78 is 0. The molecule has 4 atom stereocenters. The smallest absolute Gasteiger partial charge is 0.337 e. The van der Waals surface area contributed by atoms with Gasteiger partial charge >= 0.3 is 5.97 Å². The van der Waals surface area contributed by atoms with Crippen LogP contribution >= 0.6 is 0 Å². The van der Waals surface area contributed by atoms with Crippen molar-refractivity contribution < 1.29 is 24.3 Å². The number of carbonyl (C=O) groups is 4. The van der Waals surface area contributed by atoms with E-state index in [1.165, 1.54) is 12.1 Å². The van der Waals surface area contributed by atoms with Crippen LogP contribution in [0.5, 0.6) is 0 Å². The van der Waals surface area contributed by atoms with Crippen LogP contribution in [-0.4, -0.2) is 40.2 Å². The predicted molar refractivity (Wildman–Crippen MR) is 86.6 cm³/mol. The molecule has 2 N–H and O–H groups in total. The fourth-order valence-electron chi connectivity index (χ4n) is 4.74. The van der Waals surface area contributed by atoms with E-state index >= 15 is 0 Å². The maximum atomic E-state index is 12.6. The molecule has 7 heteroatoms. The number of aromatic carboxylic acids is 1. The Hall–Kier alpha value is -2.70. The zero-order valence-electron chi connectivity index (χ0n) is 13.5. The first-order valence-corrected chi connectivity index (χ1v) is 8.44. The van der Waals surface area contributed by atoms with Crippen molar-refractivity contribution in [2.45, 2.75) is 19.3 Å². The van der Waals surface area contributed by atoms with E-state index in [2.05, 4.69) is 5.32 Å². The van der Waals surface area contributed by atoms with E-state index in [0.717, 1.165) is 24.2 Å². The summed E-state index contributed by atoms with van der Waals surface area (Å²) in [5, 5.41) is 11.6. The highest BCUT2D eigenvalue weighted by Crippen LogP contribution is 2.56. The van der Waals surface area contributed by atoms with Crippen molar-refractivity contribution >= 4 is 29.4 Å². The molecule has 0 unspecified atom stereocenters. The lowest BCUT2D eigenvalue weighted by Gasteiger charge is -2.19. The Bertz CT molecular complexity index is 761. The molecule has 7 nitrogen and oxygen atoms in total. The highest BCUT2D eigenvalue weighted by molar-refractivity contribution is 6.10. The van der Waals surface area contributed by atoms with E-state index in [4.69, 9.17) is 5.11 Å². The quantitative estimate of drug-likeness (QED) is 0.804. The molecule has 2 bridgehead atoms. The van der Waals surface area contributed by atoms with Crippen LogP contribution in [-0.2, 0) is 14.4 Å². The summed E-state index contributed by atoms with van der Waals surface area (Å²) in [6.07, 6.45) is 2.91. The van der Waals surface area contributed by atoms with E-state index in [0.29, 0.717) is 0 Å². The Kier molecular flexibility index (Phi) is 3.59. The van der Waals surface area contributed by atoms with Gasteiger partial charge in [0.2, 0.25) is 17.7 Å². The van der Waals surface area contributed by atoms with E-state index in [9.17, 15) is 19.2 Å². The number of carboxylic acid groups (broad SMARTS) is 1. The molecule has 130 valence electrons. The molecule has 0 aromatic heterocycles. The number of nitrogens with zero attached hydrogens (tertiary/aromatic N) is 1. The minimum atomic E-state index is -1.16. The number of fused-ring (bicyclic) bond motifs is 5. The standard InChI is InChI=1S/C18H18N2O5/c21-13(19-12-4-2-1-3-11(12)18(24)25)8-20-16(22)14-9-5-6-10(7-9)15(14)17(20)23/h1-4,9-10,14-15H,5-8H2,(H,19,21)(H,24,25)/t9-,10-,14-,15-/m0/s1. The zero-order valence-corrected chi connectivity index (χ0v) is 13.5. The molecule has 3 aliphatic rings. The number of carboxylic acids is 1. The molecular formula is C18H18N2O5. The van der Waals surface area contributed by atoms with E-state index in [-0.39, 0.29) is 53.3 Å². The first kappa shape index (κ1) is 15.8. The van der Waals surface area contributed by atoms with Crippen molar-refractivity contribution in [3.63, 3.8) is 0 Å². The third-order valence-corrected chi connectivity index (χ3v) is 5.75. The largest absolute Gasteiger partial charge is 0.478 e. The highest BCUT2D eigenvalue weighted by atomic mass is 16.4. The Morgan fingerprint density at radius 2 is 1.68 bits per heavy atom. The second kappa shape index (κ2) is 5.68. The zero-order chi connectivity index (χ0) is 17.7. The van der Waals surface area contributed by atoms with Crippen LogP contribution in [0.3, 0.4) is 0 Å². The Morgan fingerprint density at radius 1 is 1.08 bits per heavy atom. The average Bonchev–Trinajstić information content (AvgIpc) is 3.25. The number of hydrogen-bond donors (Lipinski definition) is 2. The van der Waals surface area contributed by atoms with Crippen LogP contribution in [0.1, 0.15) is 29.6 Å². The lowest BCUT2D eigenvalue weighted by atomic mass is 9.81. The summed E-state index contributed by atoms with van der Waals surface area (Å²) in [6.45, 7) is -0.363. The third-order valence-electron chi connectivity index (χ3n) is 5.75. The minimum Gasteiger partial charge on any atom is -0.478 e. The van der Waals surface area contributed by atoms with Crippen LogP contribution in [0, 0.1) is 23.7 Å². The van der Waals surface area contributed by atoms with Gasteiger partial charge in [-0.15, -0.1) is 0 Å². The van der Waals surface area contributed by atoms with Gasteiger partial charge in [-0.3, -0.25) is 19.3 Å². The molecule has 1 aromatic carbocycles. The number of amides is 3.